The maximum atomic E-state index is 12.6. The number of hydrogen-bond donors (Lipinski definition) is 2. The Hall–Kier alpha value is -2.78. The van der Waals surface area contributed by atoms with Crippen molar-refractivity contribution in [1.82, 2.24) is 9.62 Å². The predicted octanol–water partition coefficient (Wildman–Crippen LogP) is 2.28. The molecule has 30 heavy (non-hydrogen) atoms. The summed E-state index contributed by atoms with van der Waals surface area (Å²) >= 11 is 0. The third-order valence-electron chi connectivity index (χ3n) is 5.00. The van der Waals surface area contributed by atoms with Crippen LogP contribution >= 0.6 is 0 Å². The number of amides is 2. The highest BCUT2D eigenvalue weighted by Crippen LogP contribution is 2.22. The van der Waals surface area contributed by atoms with Crippen molar-refractivity contribution in [2.24, 2.45) is 0 Å². The van der Waals surface area contributed by atoms with E-state index in [-0.39, 0.29) is 12.3 Å². The molecule has 0 unspecified atom stereocenters. The van der Waals surface area contributed by atoms with Gasteiger partial charge in [-0.3, -0.25) is 0 Å². The normalized spacial score (nSPS) is 14.9. The van der Waals surface area contributed by atoms with Gasteiger partial charge in [-0.05, 0) is 36.8 Å². The van der Waals surface area contributed by atoms with Gasteiger partial charge in [-0.25, -0.2) is 13.2 Å². The summed E-state index contributed by atoms with van der Waals surface area (Å²) in [5, 5.41) is 5.26. The number of piperazine rings is 1. The lowest BCUT2D eigenvalue weighted by Crippen LogP contribution is -2.50. The fourth-order valence-corrected chi connectivity index (χ4v) is 4.72. The molecular formula is C21H28N4O4S. The summed E-state index contributed by atoms with van der Waals surface area (Å²) in [6, 6.07) is 14.7. The smallest absolute Gasteiger partial charge is 0.319 e. The van der Waals surface area contributed by atoms with Gasteiger partial charge in [0.25, 0.3) is 0 Å². The van der Waals surface area contributed by atoms with E-state index in [1.54, 1.807) is 24.3 Å². The van der Waals surface area contributed by atoms with Crippen LogP contribution in [0.15, 0.2) is 48.5 Å². The van der Waals surface area contributed by atoms with Crippen LogP contribution in [0.25, 0.3) is 0 Å². The highest BCUT2D eigenvalue weighted by molar-refractivity contribution is 7.89. The van der Waals surface area contributed by atoms with Gasteiger partial charge in [-0.15, -0.1) is 0 Å². The number of benzene rings is 2. The van der Waals surface area contributed by atoms with Gasteiger partial charge in [0, 0.05) is 38.4 Å². The van der Waals surface area contributed by atoms with E-state index in [9.17, 15) is 13.2 Å². The van der Waals surface area contributed by atoms with Crippen molar-refractivity contribution in [3.8, 4) is 5.75 Å². The van der Waals surface area contributed by atoms with E-state index in [1.807, 2.05) is 25.1 Å². The molecule has 0 aromatic heterocycles. The van der Waals surface area contributed by atoms with Crippen LogP contribution in [0.3, 0.4) is 0 Å². The van der Waals surface area contributed by atoms with Crippen molar-refractivity contribution in [1.29, 1.82) is 0 Å². The second-order valence-electron chi connectivity index (χ2n) is 7.12. The zero-order valence-corrected chi connectivity index (χ0v) is 18.1. The molecule has 1 heterocycles. The molecule has 2 aromatic carbocycles. The molecule has 0 atom stereocenters. The topological polar surface area (TPSA) is 91.0 Å². The lowest BCUT2D eigenvalue weighted by Gasteiger charge is -2.35. The van der Waals surface area contributed by atoms with Crippen molar-refractivity contribution in [3.63, 3.8) is 0 Å². The Labute approximate surface area is 177 Å². The number of carbonyl (C=O) groups is 1. The third kappa shape index (κ3) is 5.64. The first-order chi connectivity index (χ1) is 14.4. The molecule has 0 aliphatic carbocycles. The first-order valence-electron chi connectivity index (χ1n) is 9.86. The minimum absolute atomic E-state index is 0.0292. The molecule has 1 saturated heterocycles. The predicted molar refractivity (Wildman–Crippen MR) is 119 cm³/mol. The van der Waals surface area contributed by atoms with Crippen molar-refractivity contribution in [2.45, 2.75) is 6.92 Å². The molecule has 0 spiro atoms. The van der Waals surface area contributed by atoms with Gasteiger partial charge < -0.3 is 20.3 Å². The van der Waals surface area contributed by atoms with E-state index in [2.05, 4.69) is 21.6 Å². The van der Waals surface area contributed by atoms with Crippen LogP contribution in [-0.2, 0) is 10.0 Å². The summed E-state index contributed by atoms with van der Waals surface area (Å²) < 4.78 is 32.0. The molecular weight excluding hydrogens is 404 g/mol. The Morgan fingerprint density at radius 2 is 1.80 bits per heavy atom. The quantitative estimate of drug-likeness (QED) is 0.701. The largest absolute Gasteiger partial charge is 0.495 e. The number of carbonyl (C=O) groups excluding carboxylic acids is 1. The van der Waals surface area contributed by atoms with E-state index >= 15 is 0 Å². The molecule has 2 N–H and O–H groups in total. The summed E-state index contributed by atoms with van der Waals surface area (Å²) in [5.74, 6) is 0.392. The number of nitrogens with zero attached hydrogens (tertiary/aromatic N) is 2. The van der Waals surface area contributed by atoms with Crippen LogP contribution in [0.1, 0.15) is 5.56 Å². The maximum Gasteiger partial charge on any atom is 0.319 e. The van der Waals surface area contributed by atoms with Crippen LogP contribution in [0.2, 0.25) is 0 Å². The van der Waals surface area contributed by atoms with Gasteiger partial charge in [-0.1, -0.05) is 24.3 Å². The number of hydrogen-bond acceptors (Lipinski definition) is 5. The molecule has 162 valence electrons. The van der Waals surface area contributed by atoms with Gasteiger partial charge >= 0.3 is 6.03 Å². The Morgan fingerprint density at radius 1 is 1.07 bits per heavy atom. The maximum absolute atomic E-state index is 12.6. The van der Waals surface area contributed by atoms with Crippen molar-refractivity contribution in [2.75, 3.05) is 55.8 Å². The molecule has 1 fully saturated rings. The van der Waals surface area contributed by atoms with Crippen LogP contribution in [0.5, 0.6) is 5.75 Å². The summed E-state index contributed by atoms with van der Waals surface area (Å²) in [6.07, 6.45) is 0. The average molecular weight is 433 g/mol. The van der Waals surface area contributed by atoms with E-state index in [4.69, 9.17) is 4.74 Å². The first kappa shape index (κ1) is 21.9. The molecule has 3 rings (SSSR count). The minimum atomic E-state index is -3.44. The minimum Gasteiger partial charge on any atom is -0.495 e. The molecule has 1 aliphatic rings. The monoisotopic (exact) mass is 432 g/mol. The number of aryl methyl sites for hydroxylation is 1. The lowest BCUT2D eigenvalue weighted by molar-refractivity contribution is 0.252. The second-order valence-corrected chi connectivity index (χ2v) is 9.21. The van der Waals surface area contributed by atoms with Gasteiger partial charge in [0.2, 0.25) is 10.0 Å². The van der Waals surface area contributed by atoms with Gasteiger partial charge in [0.1, 0.15) is 5.75 Å². The van der Waals surface area contributed by atoms with Crippen LogP contribution < -0.4 is 20.3 Å². The summed E-state index contributed by atoms with van der Waals surface area (Å²) in [5.41, 5.74) is 2.81. The van der Waals surface area contributed by atoms with E-state index in [0.29, 0.717) is 37.6 Å². The Kier molecular flexibility index (Phi) is 7.17. The number of para-hydroxylation sites is 2. The van der Waals surface area contributed by atoms with Gasteiger partial charge in [0.05, 0.1) is 18.6 Å². The lowest BCUT2D eigenvalue weighted by atomic mass is 10.2. The molecule has 0 saturated carbocycles. The number of urea groups is 1. The van der Waals surface area contributed by atoms with E-state index < -0.39 is 16.1 Å². The number of anilines is 2. The Morgan fingerprint density at radius 3 is 2.50 bits per heavy atom. The molecule has 8 nitrogen and oxygen atoms in total. The standard InChI is InChI=1S/C21H28N4O4S/c1-17-6-5-7-18(16-17)24-11-13-25(14-12-24)30(27,28)15-10-22-21(26)23-19-8-3-4-9-20(19)29-2/h3-9,16H,10-15H2,1-2H3,(H2,22,23,26). The van der Waals surface area contributed by atoms with Crippen LogP contribution in [0.4, 0.5) is 16.2 Å². The fraction of sp³-hybridized carbons (Fsp3) is 0.381. The van der Waals surface area contributed by atoms with Crippen molar-refractivity contribution in [3.05, 3.63) is 54.1 Å². The highest BCUT2D eigenvalue weighted by Gasteiger charge is 2.27. The van der Waals surface area contributed by atoms with E-state index in [1.165, 1.54) is 17.0 Å². The van der Waals surface area contributed by atoms with Crippen LogP contribution in [-0.4, -0.2) is 64.3 Å². The summed E-state index contributed by atoms with van der Waals surface area (Å²) in [7, 11) is -1.92. The average Bonchev–Trinajstić information content (AvgIpc) is 2.74. The Bertz CT molecular complexity index is 972. The molecule has 2 amide bonds. The number of ether oxygens (including phenoxy) is 1. The molecule has 0 bridgehead atoms. The number of nitrogens with one attached hydrogen (secondary N) is 2. The summed E-state index contributed by atoms with van der Waals surface area (Å²) in [4.78, 5) is 14.3. The van der Waals surface area contributed by atoms with Crippen molar-refractivity contribution >= 4 is 27.4 Å². The number of methoxy groups -OCH3 is 1. The van der Waals surface area contributed by atoms with E-state index in [0.717, 1.165) is 5.69 Å². The zero-order valence-electron chi connectivity index (χ0n) is 17.3. The molecule has 0 radical (unpaired) electrons. The van der Waals surface area contributed by atoms with Crippen molar-refractivity contribution < 1.29 is 17.9 Å². The Balaban J connectivity index is 1.46. The van der Waals surface area contributed by atoms with Gasteiger partial charge in [0.15, 0.2) is 0 Å². The third-order valence-corrected chi connectivity index (χ3v) is 6.87. The number of rotatable bonds is 7. The van der Waals surface area contributed by atoms with Gasteiger partial charge in [-0.2, -0.15) is 4.31 Å². The molecule has 9 heteroatoms. The fourth-order valence-electron chi connectivity index (χ4n) is 3.39. The second kappa shape index (κ2) is 9.82. The SMILES string of the molecule is COc1ccccc1NC(=O)NCCS(=O)(=O)N1CCN(c2cccc(C)c2)CC1. The number of sulfonamides is 1. The molecule has 1 aliphatic heterocycles. The van der Waals surface area contributed by atoms with Crippen LogP contribution in [0, 0.1) is 6.92 Å². The summed E-state index contributed by atoms with van der Waals surface area (Å²) in [6.45, 7) is 4.23. The molecule has 2 aromatic rings. The highest BCUT2D eigenvalue weighted by atomic mass is 32.2. The first-order valence-corrected chi connectivity index (χ1v) is 11.5. The zero-order chi connectivity index (χ0) is 21.6.